The molecule has 2 aromatic rings. The molecule has 0 aliphatic rings. The Labute approximate surface area is 196 Å². The van der Waals surface area contributed by atoms with E-state index >= 15 is 0 Å². The quantitative estimate of drug-likeness (QED) is 0.230. The highest BCUT2D eigenvalue weighted by Gasteiger charge is 2.24. The van der Waals surface area contributed by atoms with Crippen molar-refractivity contribution in [3.63, 3.8) is 0 Å². The predicted octanol–water partition coefficient (Wildman–Crippen LogP) is 0.295. The summed E-state index contributed by atoms with van der Waals surface area (Å²) < 4.78 is 5.22. The van der Waals surface area contributed by atoms with Gasteiger partial charge in [0, 0.05) is 30.1 Å². The fourth-order valence-corrected chi connectivity index (χ4v) is 3.25. The summed E-state index contributed by atoms with van der Waals surface area (Å²) in [4.78, 5) is 60.0. The number of hydrogen-bond donors (Lipinski definition) is 5. The Morgan fingerprint density at radius 1 is 1.06 bits per heavy atom. The van der Waals surface area contributed by atoms with E-state index in [2.05, 4.69) is 21.3 Å². The molecular weight excluding hydrogens is 442 g/mol. The lowest BCUT2D eigenvalue weighted by Gasteiger charge is -2.21. The van der Waals surface area contributed by atoms with E-state index in [0.29, 0.717) is 37.1 Å². The molecule has 0 unspecified atom stereocenters. The molecule has 0 aliphatic heterocycles. The molecule has 34 heavy (non-hydrogen) atoms. The standard InChI is InChI=1S/C23H31N5O6/c1-13-10-21(31)34-19-11-16(7-8-17(13)19)27-23(33)18(6-4-5-9-24)28-22(32)14(2)26-20(30)12-25-15(3)29/h7-8,10-11,14,18H,4-6,9,12,24H2,1-3H3,(H,25,29)(H,26,30)(H,27,33)(H,28,32)/t14-,18-/m0/s1. The van der Waals surface area contributed by atoms with Gasteiger partial charge in [-0.25, -0.2) is 4.79 Å². The summed E-state index contributed by atoms with van der Waals surface area (Å²) in [7, 11) is 0. The summed E-state index contributed by atoms with van der Waals surface area (Å²) in [5.74, 6) is -1.91. The second-order valence-electron chi connectivity index (χ2n) is 7.99. The van der Waals surface area contributed by atoms with Gasteiger partial charge in [0.2, 0.25) is 23.6 Å². The van der Waals surface area contributed by atoms with Crippen molar-refractivity contribution < 1.29 is 23.6 Å². The summed E-state index contributed by atoms with van der Waals surface area (Å²) in [6.45, 7) is 4.73. The molecule has 0 fully saturated rings. The van der Waals surface area contributed by atoms with Gasteiger partial charge in [-0.1, -0.05) is 0 Å². The number of rotatable bonds is 11. The fraction of sp³-hybridized carbons (Fsp3) is 0.435. The van der Waals surface area contributed by atoms with Crippen LogP contribution >= 0.6 is 0 Å². The molecule has 11 nitrogen and oxygen atoms in total. The van der Waals surface area contributed by atoms with Gasteiger partial charge in [0.15, 0.2) is 0 Å². The topological polar surface area (TPSA) is 173 Å². The number of anilines is 1. The van der Waals surface area contributed by atoms with Crippen LogP contribution in [0.2, 0.25) is 0 Å². The number of nitrogens with two attached hydrogens (primary N) is 1. The number of hydrogen-bond acceptors (Lipinski definition) is 7. The van der Waals surface area contributed by atoms with Gasteiger partial charge in [0.05, 0.1) is 6.54 Å². The number of fused-ring (bicyclic) bond motifs is 1. The van der Waals surface area contributed by atoms with Gasteiger partial charge in [0.1, 0.15) is 17.7 Å². The zero-order chi connectivity index (χ0) is 25.3. The van der Waals surface area contributed by atoms with Crippen LogP contribution in [-0.2, 0) is 19.2 Å². The van der Waals surface area contributed by atoms with Crippen LogP contribution in [0.4, 0.5) is 5.69 Å². The molecule has 1 heterocycles. The minimum absolute atomic E-state index is 0.259. The molecule has 2 atom stereocenters. The lowest BCUT2D eigenvalue weighted by Crippen LogP contribution is -2.52. The van der Waals surface area contributed by atoms with Crippen molar-refractivity contribution in [1.82, 2.24) is 16.0 Å². The molecule has 1 aromatic carbocycles. The van der Waals surface area contributed by atoms with E-state index in [-0.39, 0.29) is 12.5 Å². The molecule has 0 aliphatic carbocycles. The molecule has 0 spiro atoms. The van der Waals surface area contributed by atoms with Crippen LogP contribution in [0, 0.1) is 6.92 Å². The molecule has 0 radical (unpaired) electrons. The average Bonchev–Trinajstić information content (AvgIpc) is 2.76. The number of carbonyl (C=O) groups excluding carboxylic acids is 4. The lowest BCUT2D eigenvalue weighted by molar-refractivity contribution is -0.131. The van der Waals surface area contributed by atoms with Gasteiger partial charge < -0.3 is 31.4 Å². The number of amides is 4. The molecule has 1 aromatic heterocycles. The van der Waals surface area contributed by atoms with Crippen molar-refractivity contribution in [3.05, 3.63) is 40.2 Å². The van der Waals surface area contributed by atoms with Crippen molar-refractivity contribution in [1.29, 1.82) is 0 Å². The maximum atomic E-state index is 13.0. The summed E-state index contributed by atoms with van der Waals surface area (Å²) in [6, 6.07) is 4.54. The van der Waals surface area contributed by atoms with Crippen LogP contribution in [-0.4, -0.2) is 48.8 Å². The van der Waals surface area contributed by atoms with Crippen molar-refractivity contribution in [3.8, 4) is 0 Å². The molecule has 4 amide bonds. The zero-order valence-corrected chi connectivity index (χ0v) is 19.5. The largest absolute Gasteiger partial charge is 0.423 e. The Kier molecular flexibility index (Phi) is 9.75. The fourth-order valence-electron chi connectivity index (χ4n) is 3.25. The predicted molar refractivity (Wildman–Crippen MR) is 127 cm³/mol. The molecule has 0 saturated heterocycles. The number of unbranched alkanes of at least 4 members (excludes halogenated alkanes) is 1. The van der Waals surface area contributed by atoms with Gasteiger partial charge in [-0.15, -0.1) is 0 Å². The van der Waals surface area contributed by atoms with Crippen LogP contribution < -0.4 is 32.6 Å². The van der Waals surface area contributed by atoms with Crippen LogP contribution in [0.25, 0.3) is 11.0 Å². The Morgan fingerprint density at radius 3 is 2.47 bits per heavy atom. The minimum atomic E-state index is -0.927. The highest BCUT2D eigenvalue weighted by Crippen LogP contribution is 2.21. The van der Waals surface area contributed by atoms with Gasteiger partial charge in [-0.05, 0) is 57.4 Å². The monoisotopic (exact) mass is 473 g/mol. The first-order valence-corrected chi connectivity index (χ1v) is 11.0. The minimum Gasteiger partial charge on any atom is -0.423 e. The zero-order valence-electron chi connectivity index (χ0n) is 19.5. The molecule has 0 saturated carbocycles. The van der Waals surface area contributed by atoms with Gasteiger partial charge in [-0.2, -0.15) is 0 Å². The Hall–Kier alpha value is -3.73. The molecule has 2 rings (SSSR count). The molecule has 184 valence electrons. The van der Waals surface area contributed by atoms with Crippen LogP contribution in [0.3, 0.4) is 0 Å². The summed E-state index contributed by atoms with van der Waals surface area (Å²) >= 11 is 0. The Balaban J connectivity index is 2.08. The van der Waals surface area contributed by atoms with Gasteiger partial charge in [-0.3, -0.25) is 19.2 Å². The number of aryl methyl sites for hydroxylation is 1. The highest BCUT2D eigenvalue weighted by atomic mass is 16.4. The second kappa shape index (κ2) is 12.5. The van der Waals surface area contributed by atoms with E-state index in [1.54, 1.807) is 25.1 Å². The van der Waals surface area contributed by atoms with E-state index in [1.807, 2.05) is 0 Å². The van der Waals surface area contributed by atoms with Crippen molar-refractivity contribution >= 4 is 40.3 Å². The van der Waals surface area contributed by atoms with Crippen molar-refractivity contribution in [2.75, 3.05) is 18.4 Å². The maximum Gasteiger partial charge on any atom is 0.336 e. The highest BCUT2D eigenvalue weighted by molar-refractivity contribution is 5.99. The third-order valence-corrected chi connectivity index (χ3v) is 5.07. The average molecular weight is 474 g/mol. The number of nitrogens with one attached hydrogen (secondary N) is 4. The third-order valence-electron chi connectivity index (χ3n) is 5.07. The van der Waals surface area contributed by atoms with Crippen LogP contribution in [0.15, 0.2) is 33.5 Å². The second-order valence-corrected chi connectivity index (χ2v) is 7.99. The van der Waals surface area contributed by atoms with Crippen LogP contribution in [0.1, 0.15) is 38.7 Å². The Bertz CT molecular complexity index is 1110. The summed E-state index contributed by atoms with van der Waals surface area (Å²) in [5, 5.41) is 10.9. The SMILES string of the molecule is CC(=O)NCC(=O)N[C@@H](C)C(=O)N[C@@H](CCCCN)C(=O)Nc1ccc2c(C)cc(=O)oc2c1. The smallest absolute Gasteiger partial charge is 0.336 e. The molecule has 0 bridgehead atoms. The lowest BCUT2D eigenvalue weighted by atomic mass is 10.1. The van der Waals surface area contributed by atoms with E-state index < -0.39 is 35.4 Å². The van der Waals surface area contributed by atoms with Gasteiger partial charge in [0.25, 0.3) is 0 Å². The first kappa shape index (κ1) is 26.5. The number of carbonyl (C=O) groups is 4. The van der Waals surface area contributed by atoms with Gasteiger partial charge >= 0.3 is 5.63 Å². The van der Waals surface area contributed by atoms with Crippen molar-refractivity contribution in [2.45, 2.75) is 52.1 Å². The first-order chi connectivity index (χ1) is 16.1. The van der Waals surface area contributed by atoms with Crippen LogP contribution in [0.5, 0.6) is 0 Å². The summed E-state index contributed by atoms with van der Waals surface area (Å²) in [5.41, 5.74) is 6.55. The third kappa shape index (κ3) is 8.00. The first-order valence-electron chi connectivity index (χ1n) is 11.0. The maximum absolute atomic E-state index is 13.0. The molecule has 11 heteroatoms. The summed E-state index contributed by atoms with van der Waals surface area (Å²) in [6.07, 6.45) is 1.61. The van der Waals surface area contributed by atoms with E-state index in [9.17, 15) is 24.0 Å². The normalized spacial score (nSPS) is 12.5. The number of benzene rings is 1. The van der Waals surface area contributed by atoms with E-state index in [0.717, 1.165) is 10.9 Å². The van der Waals surface area contributed by atoms with E-state index in [4.69, 9.17) is 10.2 Å². The Morgan fingerprint density at radius 2 is 1.79 bits per heavy atom. The molecule has 6 N–H and O–H groups in total. The molecular formula is C23H31N5O6. The van der Waals surface area contributed by atoms with E-state index in [1.165, 1.54) is 19.9 Å². The van der Waals surface area contributed by atoms with Crippen molar-refractivity contribution in [2.24, 2.45) is 5.73 Å².